The first kappa shape index (κ1) is 12.7. The topological polar surface area (TPSA) is 35.5 Å². The highest BCUT2D eigenvalue weighted by molar-refractivity contribution is 5.79. The average molecular weight is 214 g/mol. The van der Waals surface area contributed by atoms with Gasteiger partial charge in [-0.25, -0.2) is 0 Å². The van der Waals surface area contributed by atoms with Gasteiger partial charge in [0, 0.05) is 19.4 Å². The monoisotopic (exact) mass is 214 g/mol. The summed E-state index contributed by atoms with van der Waals surface area (Å²) in [4.78, 5) is 11.0. The van der Waals surface area contributed by atoms with E-state index in [0.29, 0.717) is 31.8 Å². The van der Waals surface area contributed by atoms with Gasteiger partial charge in [0.2, 0.25) is 0 Å². The predicted octanol–water partition coefficient (Wildman–Crippen LogP) is 2.33. The second-order valence-corrected chi connectivity index (χ2v) is 4.07. The third kappa shape index (κ3) is 5.90. The summed E-state index contributed by atoms with van der Waals surface area (Å²) in [6, 6.07) is 0. The molecule has 0 aromatic carbocycles. The number of hydrogen-bond donors (Lipinski definition) is 0. The Bertz CT molecular complexity index is 170. The molecule has 0 radical (unpaired) electrons. The van der Waals surface area contributed by atoms with E-state index >= 15 is 0 Å². The highest BCUT2D eigenvalue weighted by Crippen LogP contribution is 2.17. The smallest absolute Gasteiger partial charge is 0.133 e. The lowest BCUT2D eigenvalue weighted by molar-refractivity contribution is -0.123. The molecular formula is C12H22O3. The normalized spacial score (nSPS) is 18.3. The summed E-state index contributed by atoms with van der Waals surface area (Å²) in [5, 5.41) is 0. The third-order valence-electron chi connectivity index (χ3n) is 2.71. The minimum absolute atomic E-state index is 0.289. The molecule has 0 aromatic heterocycles. The van der Waals surface area contributed by atoms with Gasteiger partial charge < -0.3 is 9.47 Å². The van der Waals surface area contributed by atoms with E-state index in [1.165, 1.54) is 6.42 Å². The fourth-order valence-electron chi connectivity index (χ4n) is 1.70. The Morgan fingerprint density at radius 2 is 1.93 bits per heavy atom. The largest absolute Gasteiger partial charge is 0.379 e. The number of ether oxygens (including phenoxy) is 2. The zero-order valence-corrected chi connectivity index (χ0v) is 9.67. The number of rotatable bonds is 7. The summed E-state index contributed by atoms with van der Waals surface area (Å²) < 4.78 is 11.0. The van der Waals surface area contributed by atoms with E-state index in [1.54, 1.807) is 0 Å². The highest BCUT2D eigenvalue weighted by Gasteiger charge is 2.18. The second-order valence-electron chi connectivity index (χ2n) is 4.07. The van der Waals surface area contributed by atoms with Gasteiger partial charge in [-0.3, -0.25) is 4.79 Å². The van der Waals surface area contributed by atoms with Crippen molar-refractivity contribution in [2.24, 2.45) is 0 Å². The molecule has 1 fully saturated rings. The first-order valence-corrected chi connectivity index (χ1v) is 6.04. The van der Waals surface area contributed by atoms with Crippen LogP contribution in [0.25, 0.3) is 0 Å². The van der Waals surface area contributed by atoms with Gasteiger partial charge in [0.1, 0.15) is 5.78 Å². The van der Waals surface area contributed by atoms with Gasteiger partial charge >= 0.3 is 0 Å². The van der Waals surface area contributed by atoms with Gasteiger partial charge in [0.05, 0.1) is 19.3 Å². The number of unbranched alkanes of at least 4 members (excludes halogenated alkanes) is 1. The Kier molecular flexibility index (Phi) is 6.60. The molecule has 3 heteroatoms. The summed E-state index contributed by atoms with van der Waals surface area (Å²) in [7, 11) is 0. The van der Waals surface area contributed by atoms with Gasteiger partial charge in [0.25, 0.3) is 0 Å². The molecule has 0 spiro atoms. The maximum absolute atomic E-state index is 11.0. The number of carbonyl (C=O) groups is 1. The van der Waals surface area contributed by atoms with Gasteiger partial charge in [0.15, 0.2) is 0 Å². The van der Waals surface area contributed by atoms with Crippen LogP contribution in [-0.2, 0) is 14.3 Å². The molecule has 0 heterocycles. The summed E-state index contributed by atoms with van der Waals surface area (Å²) in [6.07, 6.45) is 5.77. The van der Waals surface area contributed by atoms with E-state index in [4.69, 9.17) is 9.47 Å². The van der Waals surface area contributed by atoms with Crippen molar-refractivity contribution in [2.75, 3.05) is 19.8 Å². The molecule has 1 aliphatic carbocycles. The fourth-order valence-corrected chi connectivity index (χ4v) is 1.70. The minimum atomic E-state index is 0.289. The molecule has 88 valence electrons. The van der Waals surface area contributed by atoms with Crippen LogP contribution in [0.5, 0.6) is 0 Å². The summed E-state index contributed by atoms with van der Waals surface area (Å²) in [5.74, 6) is 0.383. The van der Waals surface area contributed by atoms with Crippen LogP contribution in [-0.4, -0.2) is 31.7 Å². The van der Waals surface area contributed by atoms with Crippen LogP contribution in [0.4, 0.5) is 0 Å². The lowest BCUT2D eigenvalue weighted by Gasteiger charge is -2.21. The zero-order chi connectivity index (χ0) is 10.9. The van der Waals surface area contributed by atoms with E-state index in [0.717, 1.165) is 25.9 Å². The van der Waals surface area contributed by atoms with Gasteiger partial charge in [-0.05, 0) is 19.3 Å². The lowest BCUT2D eigenvalue weighted by Crippen LogP contribution is -2.23. The SMILES string of the molecule is CCCCOCCOC1CCC(=O)CC1. The standard InChI is InChI=1S/C12H22O3/c1-2-3-8-14-9-10-15-12-6-4-11(13)5-7-12/h12H,2-10H2,1H3. The molecule has 3 nitrogen and oxygen atoms in total. The van der Waals surface area contributed by atoms with Crippen LogP contribution in [0, 0.1) is 0 Å². The maximum Gasteiger partial charge on any atom is 0.133 e. The quantitative estimate of drug-likeness (QED) is 0.610. The van der Waals surface area contributed by atoms with Crippen LogP contribution in [0.3, 0.4) is 0 Å². The Hall–Kier alpha value is -0.410. The Morgan fingerprint density at radius 1 is 1.20 bits per heavy atom. The van der Waals surface area contributed by atoms with Crippen molar-refractivity contribution in [3.05, 3.63) is 0 Å². The number of Topliss-reactive ketones (excluding diaryl/α,β-unsaturated/α-hetero) is 1. The van der Waals surface area contributed by atoms with E-state index < -0.39 is 0 Å². The molecule has 1 saturated carbocycles. The summed E-state index contributed by atoms with van der Waals surface area (Å²) in [5.41, 5.74) is 0. The van der Waals surface area contributed by atoms with E-state index in [2.05, 4.69) is 6.92 Å². The molecule has 1 aliphatic rings. The molecule has 0 saturated heterocycles. The summed E-state index contributed by atoms with van der Waals surface area (Å²) >= 11 is 0. The van der Waals surface area contributed by atoms with Crippen molar-refractivity contribution in [3.63, 3.8) is 0 Å². The van der Waals surface area contributed by atoms with Crippen LogP contribution in [0.1, 0.15) is 45.4 Å². The first-order chi connectivity index (χ1) is 7.33. The Morgan fingerprint density at radius 3 is 2.60 bits per heavy atom. The van der Waals surface area contributed by atoms with Gasteiger partial charge in [-0.2, -0.15) is 0 Å². The van der Waals surface area contributed by atoms with E-state index in [9.17, 15) is 4.79 Å². The van der Waals surface area contributed by atoms with Crippen LogP contribution >= 0.6 is 0 Å². The van der Waals surface area contributed by atoms with Crippen molar-refractivity contribution >= 4 is 5.78 Å². The zero-order valence-electron chi connectivity index (χ0n) is 9.67. The molecule has 0 N–H and O–H groups in total. The summed E-state index contributed by atoms with van der Waals surface area (Å²) in [6.45, 7) is 4.34. The Labute approximate surface area is 92.1 Å². The molecule has 0 amide bonds. The molecule has 0 unspecified atom stereocenters. The van der Waals surface area contributed by atoms with Crippen molar-refractivity contribution in [1.29, 1.82) is 0 Å². The van der Waals surface area contributed by atoms with E-state index in [1.807, 2.05) is 0 Å². The maximum atomic E-state index is 11.0. The number of carbonyl (C=O) groups excluding carboxylic acids is 1. The van der Waals surface area contributed by atoms with Crippen molar-refractivity contribution in [3.8, 4) is 0 Å². The number of hydrogen-bond acceptors (Lipinski definition) is 3. The molecule has 0 aliphatic heterocycles. The molecule has 0 bridgehead atoms. The van der Waals surface area contributed by atoms with Crippen molar-refractivity contribution < 1.29 is 14.3 Å². The lowest BCUT2D eigenvalue weighted by atomic mass is 9.97. The van der Waals surface area contributed by atoms with Crippen LogP contribution in [0.15, 0.2) is 0 Å². The highest BCUT2D eigenvalue weighted by atomic mass is 16.5. The molecule has 15 heavy (non-hydrogen) atoms. The average Bonchev–Trinajstić information content (AvgIpc) is 2.26. The van der Waals surface area contributed by atoms with E-state index in [-0.39, 0.29) is 6.10 Å². The fraction of sp³-hybridized carbons (Fsp3) is 0.917. The van der Waals surface area contributed by atoms with Gasteiger partial charge in [-0.15, -0.1) is 0 Å². The molecular weight excluding hydrogens is 192 g/mol. The number of ketones is 1. The molecule has 0 atom stereocenters. The van der Waals surface area contributed by atoms with Gasteiger partial charge in [-0.1, -0.05) is 13.3 Å². The predicted molar refractivity (Wildman–Crippen MR) is 58.9 cm³/mol. The van der Waals surface area contributed by atoms with Crippen LogP contribution < -0.4 is 0 Å². The second kappa shape index (κ2) is 7.83. The first-order valence-electron chi connectivity index (χ1n) is 6.04. The third-order valence-corrected chi connectivity index (χ3v) is 2.71. The van der Waals surface area contributed by atoms with Crippen LogP contribution in [0.2, 0.25) is 0 Å². The molecule has 1 rings (SSSR count). The van der Waals surface area contributed by atoms with Crippen molar-refractivity contribution in [2.45, 2.75) is 51.6 Å². The minimum Gasteiger partial charge on any atom is -0.379 e. The molecule has 0 aromatic rings. The van der Waals surface area contributed by atoms with Crippen molar-refractivity contribution in [1.82, 2.24) is 0 Å². The Balaban J connectivity index is 1.89.